The van der Waals surface area contributed by atoms with Crippen LogP contribution in [-0.2, 0) is 14.8 Å². The molecule has 1 fully saturated rings. The average molecular weight is 445 g/mol. The lowest BCUT2D eigenvalue weighted by Gasteiger charge is -2.30. The third kappa shape index (κ3) is 4.89. The van der Waals surface area contributed by atoms with Gasteiger partial charge in [0.1, 0.15) is 18.5 Å². The van der Waals surface area contributed by atoms with Crippen molar-refractivity contribution in [1.29, 1.82) is 0 Å². The van der Waals surface area contributed by atoms with Crippen LogP contribution in [0.15, 0.2) is 36.8 Å². The molecule has 1 saturated heterocycles. The summed E-state index contributed by atoms with van der Waals surface area (Å²) in [7, 11) is 0.574. The van der Waals surface area contributed by atoms with Gasteiger partial charge in [-0.05, 0) is 18.2 Å². The Labute approximate surface area is 180 Å². The van der Waals surface area contributed by atoms with Crippen LogP contribution in [0.25, 0.3) is 22.3 Å². The van der Waals surface area contributed by atoms with Gasteiger partial charge >= 0.3 is 0 Å². The lowest BCUT2D eigenvalue weighted by atomic mass is 10.1. The Morgan fingerprint density at radius 1 is 1.23 bits per heavy atom. The van der Waals surface area contributed by atoms with Crippen molar-refractivity contribution in [1.82, 2.24) is 24.2 Å². The lowest BCUT2D eigenvalue weighted by Crippen LogP contribution is -2.47. The number of hydrogen-bond acceptors (Lipinski definition) is 9. The molecule has 10 nitrogen and oxygen atoms in total. The van der Waals surface area contributed by atoms with Gasteiger partial charge in [0.05, 0.1) is 24.1 Å². The van der Waals surface area contributed by atoms with Gasteiger partial charge in [-0.1, -0.05) is 0 Å². The smallest absolute Gasteiger partial charge is 0.242 e. The Bertz CT molecular complexity index is 1170. The van der Waals surface area contributed by atoms with Crippen LogP contribution in [0.1, 0.15) is 0 Å². The molecule has 4 heterocycles. The van der Waals surface area contributed by atoms with E-state index < -0.39 is 16.1 Å². The number of hydrogen-bond donors (Lipinski definition) is 0. The Balaban J connectivity index is 1.59. The van der Waals surface area contributed by atoms with Crippen LogP contribution in [0, 0.1) is 0 Å². The SMILES string of the molecule is CN(C)c1ccc(-c2cc3nccnc3c(OCC3CN(S(C)(=O)=O)CCO3)n2)cn1. The number of sulfonamides is 1. The fourth-order valence-corrected chi connectivity index (χ4v) is 4.10. The minimum Gasteiger partial charge on any atom is -0.473 e. The highest BCUT2D eigenvalue weighted by Crippen LogP contribution is 2.27. The highest BCUT2D eigenvalue weighted by Gasteiger charge is 2.27. The van der Waals surface area contributed by atoms with Crippen LogP contribution in [0.5, 0.6) is 5.88 Å². The van der Waals surface area contributed by atoms with Crippen molar-refractivity contribution in [3.63, 3.8) is 0 Å². The van der Waals surface area contributed by atoms with E-state index >= 15 is 0 Å². The number of morpholine rings is 1. The number of pyridine rings is 2. The third-order valence-electron chi connectivity index (χ3n) is 4.90. The van der Waals surface area contributed by atoms with Crippen molar-refractivity contribution in [2.45, 2.75) is 6.10 Å². The van der Waals surface area contributed by atoms with Gasteiger partial charge in [0.25, 0.3) is 0 Å². The zero-order valence-corrected chi connectivity index (χ0v) is 18.4. The second kappa shape index (κ2) is 8.69. The minimum absolute atomic E-state index is 0.145. The first-order valence-corrected chi connectivity index (χ1v) is 11.6. The van der Waals surface area contributed by atoms with Crippen LogP contribution in [0.4, 0.5) is 5.82 Å². The molecule has 0 bridgehead atoms. The second-order valence-corrected chi connectivity index (χ2v) is 9.44. The summed E-state index contributed by atoms with van der Waals surface area (Å²) in [6, 6.07) is 5.68. The van der Waals surface area contributed by atoms with E-state index in [0.29, 0.717) is 35.8 Å². The predicted octanol–water partition coefficient (Wildman–Crippen LogP) is 1.19. The topological polar surface area (TPSA) is 111 Å². The third-order valence-corrected chi connectivity index (χ3v) is 6.17. The summed E-state index contributed by atoms with van der Waals surface area (Å²) in [4.78, 5) is 19.7. The molecule has 3 aromatic rings. The monoisotopic (exact) mass is 444 g/mol. The molecule has 0 N–H and O–H groups in total. The van der Waals surface area contributed by atoms with E-state index in [1.54, 1.807) is 18.6 Å². The van der Waals surface area contributed by atoms with Gasteiger partial charge in [-0.25, -0.2) is 23.4 Å². The molecule has 1 aliphatic heterocycles. The molecule has 0 spiro atoms. The van der Waals surface area contributed by atoms with E-state index in [1.807, 2.05) is 37.2 Å². The molecule has 0 aromatic carbocycles. The van der Waals surface area contributed by atoms with E-state index in [2.05, 4.69) is 19.9 Å². The van der Waals surface area contributed by atoms with Crippen LogP contribution in [0.3, 0.4) is 0 Å². The van der Waals surface area contributed by atoms with Gasteiger partial charge in [0, 0.05) is 51.3 Å². The van der Waals surface area contributed by atoms with E-state index in [0.717, 1.165) is 11.4 Å². The van der Waals surface area contributed by atoms with Crippen molar-refractivity contribution < 1.29 is 17.9 Å². The average Bonchev–Trinajstić information content (AvgIpc) is 2.77. The Hall–Kier alpha value is -2.89. The van der Waals surface area contributed by atoms with E-state index in [9.17, 15) is 8.42 Å². The van der Waals surface area contributed by atoms with Crippen molar-refractivity contribution in [3.05, 3.63) is 36.8 Å². The molecule has 0 radical (unpaired) electrons. The predicted molar refractivity (Wildman–Crippen MR) is 117 cm³/mol. The maximum atomic E-state index is 11.8. The van der Waals surface area contributed by atoms with Crippen LogP contribution in [0.2, 0.25) is 0 Å². The molecule has 0 aliphatic carbocycles. The number of ether oxygens (including phenoxy) is 2. The van der Waals surface area contributed by atoms with Crippen molar-refractivity contribution >= 4 is 26.9 Å². The zero-order valence-electron chi connectivity index (χ0n) is 17.6. The fourth-order valence-electron chi connectivity index (χ4n) is 3.26. The number of nitrogens with zero attached hydrogens (tertiary/aromatic N) is 6. The number of aromatic nitrogens is 4. The van der Waals surface area contributed by atoms with E-state index in [4.69, 9.17) is 9.47 Å². The summed E-state index contributed by atoms with van der Waals surface area (Å²) in [5.74, 6) is 1.16. The fraction of sp³-hybridized carbons (Fsp3) is 0.400. The van der Waals surface area contributed by atoms with E-state index in [1.165, 1.54) is 10.6 Å². The molecule has 164 valence electrons. The van der Waals surface area contributed by atoms with Crippen molar-refractivity contribution in [2.75, 3.05) is 51.6 Å². The first-order chi connectivity index (χ1) is 14.8. The Morgan fingerprint density at radius 2 is 2.03 bits per heavy atom. The van der Waals surface area contributed by atoms with E-state index in [-0.39, 0.29) is 13.2 Å². The van der Waals surface area contributed by atoms with Gasteiger partial charge in [-0.2, -0.15) is 4.31 Å². The van der Waals surface area contributed by atoms with Gasteiger partial charge in [-0.15, -0.1) is 0 Å². The molecule has 1 aliphatic rings. The first kappa shape index (κ1) is 21.3. The lowest BCUT2D eigenvalue weighted by molar-refractivity contribution is -0.0252. The summed E-state index contributed by atoms with van der Waals surface area (Å²) >= 11 is 0. The normalized spacial score (nSPS) is 17.6. The summed E-state index contributed by atoms with van der Waals surface area (Å²) in [6.07, 6.45) is 5.73. The summed E-state index contributed by atoms with van der Waals surface area (Å²) in [6.45, 7) is 1.04. The maximum Gasteiger partial charge on any atom is 0.242 e. The number of anilines is 1. The molecule has 1 atom stereocenters. The quantitative estimate of drug-likeness (QED) is 0.553. The van der Waals surface area contributed by atoms with Crippen molar-refractivity contribution in [3.8, 4) is 17.1 Å². The molecule has 0 saturated carbocycles. The summed E-state index contributed by atoms with van der Waals surface area (Å²) < 4.78 is 36.7. The second-order valence-electron chi connectivity index (χ2n) is 7.46. The van der Waals surface area contributed by atoms with Gasteiger partial charge in [0.15, 0.2) is 5.52 Å². The standard InChI is InChI=1S/C20H24N6O4S/c1-25(2)18-5-4-14(11-23-18)16-10-17-19(22-7-6-21-17)20(24-16)30-13-15-12-26(8-9-29-15)31(3,27)28/h4-7,10-11,15H,8-9,12-13H2,1-3H3. The molecule has 1 unspecified atom stereocenters. The van der Waals surface area contributed by atoms with Crippen molar-refractivity contribution in [2.24, 2.45) is 0 Å². The molecular formula is C20H24N6O4S. The highest BCUT2D eigenvalue weighted by atomic mass is 32.2. The van der Waals surface area contributed by atoms with Gasteiger partial charge in [-0.3, -0.25) is 4.98 Å². The van der Waals surface area contributed by atoms with Crippen LogP contribution < -0.4 is 9.64 Å². The molecular weight excluding hydrogens is 420 g/mol. The first-order valence-electron chi connectivity index (χ1n) is 9.76. The molecule has 11 heteroatoms. The zero-order chi connectivity index (χ0) is 22.0. The molecule has 4 rings (SSSR count). The summed E-state index contributed by atoms with van der Waals surface area (Å²) in [5, 5.41) is 0. The van der Waals surface area contributed by atoms with Gasteiger partial charge < -0.3 is 14.4 Å². The largest absolute Gasteiger partial charge is 0.473 e. The summed E-state index contributed by atoms with van der Waals surface area (Å²) in [5.41, 5.74) is 2.64. The Morgan fingerprint density at radius 3 is 2.74 bits per heavy atom. The maximum absolute atomic E-state index is 11.8. The van der Waals surface area contributed by atoms with Gasteiger partial charge in [0.2, 0.25) is 15.9 Å². The highest BCUT2D eigenvalue weighted by molar-refractivity contribution is 7.88. The number of rotatable bonds is 6. The minimum atomic E-state index is -3.28. The molecule has 0 amide bonds. The molecule has 3 aromatic heterocycles. The number of fused-ring (bicyclic) bond motifs is 1. The van der Waals surface area contributed by atoms with Crippen LogP contribution in [-0.4, -0.2) is 85.4 Å². The van der Waals surface area contributed by atoms with Crippen LogP contribution >= 0.6 is 0 Å². The Kier molecular flexibility index (Phi) is 5.99. The molecule has 31 heavy (non-hydrogen) atoms.